The highest BCUT2D eigenvalue weighted by Crippen LogP contribution is 2.41. The van der Waals surface area contributed by atoms with Gasteiger partial charge in [0.25, 0.3) is 0 Å². The van der Waals surface area contributed by atoms with Gasteiger partial charge >= 0.3 is 5.97 Å². The molecule has 0 saturated heterocycles. The molecule has 1 saturated carbocycles. The molecular weight excluding hydrogens is 238 g/mol. The molecule has 1 aromatic carbocycles. The summed E-state index contributed by atoms with van der Waals surface area (Å²) in [5, 5.41) is 10.9. The van der Waals surface area contributed by atoms with Gasteiger partial charge in [0.05, 0.1) is 5.52 Å². The summed E-state index contributed by atoms with van der Waals surface area (Å²) in [7, 11) is 0. The Kier molecular flexibility index (Phi) is 2.37. The fourth-order valence-electron chi connectivity index (χ4n) is 2.35. The summed E-state index contributed by atoms with van der Waals surface area (Å²) < 4.78 is 1.83. The molecule has 0 bridgehead atoms. The van der Waals surface area contributed by atoms with Crippen LogP contribution in [-0.4, -0.2) is 15.6 Å². The molecule has 0 spiro atoms. The molecule has 4 heteroatoms. The Balaban J connectivity index is 2.16. The highest BCUT2D eigenvalue weighted by Gasteiger charge is 2.37. The molecule has 1 unspecified atom stereocenters. The first-order valence-corrected chi connectivity index (χ1v) is 6.04. The second-order valence-corrected chi connectivity index (χ2v) is 4.92. The maximum Gasteiger partial charge on any atom is 0.326 e. The van der Waals surface area contributed by atoms with Crippen LogP contribution in [0.5, 0.6) is 0 Å². The fourth-order valence-corrected chi connectivity index (χ4v) is 2.59. The average molecular weight is 250 g/mol. The molecule has 3 rings (SSSR count). The molecular formula is C13H12ClNO2. The van der Waals surface area contributed by atoms with Gasteiger partial charge in [-0.05, 0) is 37.0 Å². The summed E-state index contributed by atoms with van der Waals surface area (Å²) in [5.74, 6) is -0.493. The van der Waals surface area contributed by atoms with E-state index in [-0.39, 0.29) is 5.92 Å². The van der Waals surface area contributed by atoms with Crippen LogP contribution in [-0.2, 0) is 4.79 Å². The van der Waals surface area contributed by atoms with Crippen LogP contribution in [0, 0.1) is 5.92 Å². The van der Waals surface area contributed by atoms with E-state index in [1.165, 1.54) is 0 Å². The van der Waals surface area contributed by atoms with E-state index in [1.807, 2.05) is 35.0 Å². The van der Waals surface area contributed by atoms with Crippen molar-refractivity contribution in [2.45, 2.75) is 18.9 Å². The molecule has 17 heavy (non-hydrogen) atoms. The van der Waals surface area contributed by atoms with E-state index in [9.17, 15) is 9.90 Å². The molecule has 1 atom stereocenters. The number of halogens is 1. The number of fused-ring (bicyclic) bond motifs is 1. The van der Waals surface area contributed by atoms with Crippen LogP contribution < -0.4 is 0 Å². The van der Waals surface area contributed by atoms with E-state index in [0.29, 0.717) is 5.02 Å². The van der Waals surface area contributed by atoms with Gasteiger partial charge in [-0.1, -0.05) is 17.7 Å². The lowest BCUT2D eigenvalue weighted by atomic mass is 10.2. The average Bonchev–Trinajstić information content (AvgIpc) is 3.00. The van der Waals surface area contributed by atoms with Gasteiger partial charge in [0.1, 0.15) is 6.04 Å². The van der Waals surface area contributed by atoms with Crippen LogP contribution in [0.3, 0.4) is 0 Å². The number of hydrogen-bond acceptors (Lipinski definition) is 1. The molecule has 3 nitrogen and oxygen atoms in total. The van der Waals surface area contributed by atoms with Crippen molar-refractivity contribution in [3.63, 3.8) is 0 Å². The standard InChI is InChI=1S/C13H12ClNO2/c14-10-2-1-3-11-9(10)6-7-15(11)12(13(16)17)8-4-5-8/h1-3,6-8,12H,4-5H2,(H,16,17). The van der Waals surface area contributed by atoms with Gasteiger partial charge in [-0.3, -0.25) is 0 Å². The van der Waals surface area contributed by atoms with Gasteiger partial charge < -0.3 is 9.67 Å². The van der Waals surface area contributed by atoms with Gasteiger partial charge in [-0.2, -0.15) is 0 Å². The van der Waals surface area contributed by atoms with Crippen molar-refractivity contribution in [1.82, 2.24) is 4.57 Å². The highest BCUT2D eigenvalue weighted by molar-refractivity contribution is 6.35. The van der Waals surface area contributed by atoms with Crippen LogP contribution in [0.2, 0.25) is 5.02 Å². The lowest BCUT2D eigenvalue weighted by Gasteiger charge is -2.15. The number of hydrogen-bond donors (Lipinski definition) is 1. The summed E-state index contributed by atoms with van der Waals surface area (Å²) in [6.45, 7) is 0. The lowest BCUT2D eigenvalue weighted by molar-refractivity contribution is -0.141. The summed E-state index contributed by atoms with van der Waals surface area (Å²) in [5.41, 5.74) is 0.900. The van der Waals surface area contributed by atoms with Crippen LogP contribution >= 0.6 is 11.6 Å². The lowest BCUT2D eigenvalue weighted by Crippen LogP contribution is -2.20. The zero-order chi connectivity index (χ0) is 12.0. The minimum absolute atomic E-state index is 0.266. The first-order chi connectivity index (χ1) is 8.18. The van der Waals surface area contributed by atoms with Gasteiger partial charge in [0.2, 0.25) is 0 Å². The van der Waals surface area contributed by atoms with Gasteiger partial charge in [-0.15, -0.1) is 0 Å². The Morgan fingerprint density at radius 2 is 2.18 bits per heavy atom. The normalized spacial score (nSPS) is 17.2. The van der Waals surface area contributed by atoms with Crippen LogP contribution in [0.4, 0.5) is 0 Å². The van der Waals surface area contributed by atoms with E-state index in [2.05, 4.69) is 0 Å². The summed E-state index contributed by atoms with van der Waals surface area (Å²) in [4.78, 5) is 11.4. The second kappa shape index (κ2) is 3.77. The summed E-state index contributed by atoms with van der Waals surface area (Å²) in [6.07, 6.45) is 3.82. The predicted molar refractivity (Wildman–Crippen MR) is 66.3 cm³/mol. The number of carboxylic acid groups (broad SMARTS) is 1. The van der Waals surface area contributed by atoms with Crippen LogP contribution in [0.1, 0.15) is 18.9 Å². The van der Waals surface area contributed by atoms with Crippen molar-refractivity contribution in [2.75, 3.05) is 0 Å². The SMILES string of the molecule is O=C(O)C(C1CC1)n1ccc2c(Cl)cccc21. The first-order valence-electron chi connectivity index (χ1n) is 5.66. The Morgan fingerprint density at radius 3 is 2.82 bits per heavy atom. The molecule has 88 valence electrons. The summed E-state index contributed by atoms with van der Waals surface area (Å²) >= 11 is 6.09. The topological polar surface area (TPSA) is 42.2 Å². The van der Waals surface area contributed by atoms with Gasteiger partial charge in [0, 0.05) is 16.6 Å². The molecule has 1 aliphatic carbocycles. The molecule has 1 aliphatic rings. The molecule has 1 heterocycles. The van der Waals surface area contributed by atoms with Crippen molar-refractivity contribution in [2.24, 2.45) is 5.92 Å². The summed E-state index contributed by atoms with van der Waals surface area (Å²) in [6, 6.07) is 7.02. The van der Waals surface area contributed by atoms with Gasteiger partial charge in [-0.25, -0.2) is 4.79 Å². The minimum Gasteiger partial charge on any atom is -0.480 e. The molecule has 1 aromatic heterocycles. The third-order valence-electron chi connectivity index (χ3n) is 3.33. The van der Waals surface area contributed by atoms with E-state index in [0.717, 1.165) is 23.7 Å². The third-order valence-corrected chi connectivity index (χ3v) is 3.66. The molecule has 0 amide bonds. The Hall–Kier alpha value is -1.48. The quantitative estimate of drug-likeness (QED) is 0.907. The largest absolute Gasteiger partial charge is 0.480 e. The monoisotopic (exact) mass is 249 g/mol. The van der Waals surface area contributed by atoms with E-state index < -0.39 is 12.0 Å². The highest BCUT2D eigenvalue weighted by atomic mass is 35.5. The van der Waals surface area contributed by atoms with E-state index in [1.54, 1.807) is 0 Å². The number of rotatable bonds is 3. The number of carbonyl (C=O) groups is 1. The predicted octanol–water partition coefficient (Wildman–Crippen LogP) is 3.33. The minimum atomic E-state index is -0.759. The Labute approximate surface area is 104 Å². The molecule has 0 aliphatic heterocycles. The van der Waals surface area contributed by atoms with Crippen molar-refractivity contribution < 1.29 is 9.90 Å². The zero-order valence-corrected chi connectivity index (χ0v) is 9.89. The smallest absolute Gasteiger partial charge is 0.326 e. The van der Waals surface area contributed by atoms with Crippen molar-refractivity contribution >= 4 is 28.5 Å². The van der Waals surface area contributed by atoms with Crippen LogP contribution in [0.15, 0.2) is 30.5 Å². The maximum absolute atomic E-state index is 11.4. The first kappa shape index (κ1) is 10.7. The van der Waals surface area contributed by atoms with Crippen LogP contribution in [0.25, 0.3) is 10.9 Å². The molecule has 0 radical (unpaired) electrons. The van der Waals surface area contributed by atoms with Crippen molar-refractivity contribution in [3.8, 4) is 0 Å². The van der Waals surface area contributed by atoms with E-state index in [4.69, 9.17) is 11.6 Å². The molecule has 1 N–H and O–H groups in total. The second-order valence-electron chi connectivity index (χ2n) is 4.52. The Morgan fingerprint density at radius 1 is 1.41 bits per heavy atom. The number of aliphatic carboxylic acids is 1. The van der Waals surface area contributed by atoms with Gasteiger partial charge in [0.15, 0.2) is 0 Å². The van der Waals surface area contributed by atoms with Crippen molar-refractivity contribution in [3.05, 3.63) is 35.5 Å². The number of nitrogens with zero attached hydrogens (tertiary/aromatic N) is 1. The third kappa shape index (κ3) is 1.71. The van der Waals surface area contributed by atoms with E-state index >= 15 is 0 Å². The Bertz CT molecular complexity index is 586. The van der Waals surface area contributed by atoms with Crippen molar-refractivity contribution in [1.29, 1.82) is 0 Å². The zero-order valence-electron chi connectivity index (χ0n) is 9.14. The maximum atomic E-state index is 11.4. The molecule has 1 fully saturated rings. The number of aromatic nitrogens is 1. The molecule has 2 aromatic rings. The fraction of sp³-hybridized carbons (Fsp3) is 0.308. The number of carboxylic acids is 1. The number of benzene rings is 1.